The van der Waals surface area contributed by atoms with Crippen LogP contribution in [0.15, 0.2) is 30.3 Å². The predicted octanol–water partition coefficient (Wildman–Crippen LogP) is 9.33. The normalized spacial score (nSPS) is 17.0. The first kappa shape index (κ1) is 30.7. The van der Waals surface area contributed by atoms with E-state index in [1.807, 2.05) is 11.8 Å². The van der Waals surface area contributed by atoms with Gasteiger partial charge in [0.15, 0.2) is 6.29 Å². The Balaban J connectivity index is 1.45. The van der Waals surface area contributed by atoms with Crippen molar-refractivity contribution in [3.8, 4) is 0 Å². The van der Waals surface area contributed by atoms with Crippen LogP contribution in [0.5, 0.6) is 0 Å². The van der Waals surface area contributed by atoms with Gasteiger partial charge < -0.3 is 14.2 Å². The molecule has 2 rings (SSSR count). The summed E-state index contributed by atoms with van der Waals surface area (Å²) in [6.45, 7) is 4.40. The largest absolute Gasteiger partial charge is 0.370 e. The highest BCUT2D eigenvalue weighted by Gasteiger charge is 2.17. The van der Waals surface area contributed by atoms with E-state index in [1.165, 1.54) is 108 Å². The highest BCUT2D eigenvalue weighted by atomic mass is 32.2. The van der Waals surface area contributed by atoms with E-state index in [-0.39, 0.29) is 12.4 Å². The molecule has 1 saturated heterocycles. The van der Waals surface area contributed by atoms with Gasteiger partial charge in [-0.15, -0.1) is 0 Å². The van der Waals surface area contributed by atoms with Gasteiger partial charge in [0.1, 0.15) is 0 Å². The van der Waals surface area contributed by atoms with Crippen molar-refractivity contribution in [1.82, 2.24) is 0 Å². The lowest BCUT2D eigenvalue weighted by molar-refractivity contribution is -0.178. The molecule has 202 valence electrons. The van der Waals surface area contributed by atoms with Crippen LogP contribution in [0.3, 0.4) is 0 Å². The Morgan fingerprint density at radius 1 is 0.829 bits per heavy atom. The average Bonchev–Trinajstić information content (AvgIpc) is 2.90. The zero-order valence-electron chi connectivity index (χ0n) is 22.7. The van der Waals surface area contributed by atoms with Gasteiger partial charge in [-0.05, 0) is 37.0 Å². The van der Waals surface area contributed by atoms with Crippen LogP contribution in [-0.4, -0.2) is 37.1 Å². The smallest absolute Gasteiger partial charge is 0.157 e. The zero-order valence-corrected chi connectivity index (χ0v) is 23.5. The van der Waals surface area contributed by atoms with E-state index in [1.54, 1.807) is 0 Å². The lowest BCUT2D eigenvalue weighted by Gasteiger charge is -2.25. The molecule has 2 atom stereocenters. The molecule has 1 aromatic rings. The summed E-state index contributed by atoms with van der Waals surface area (Å²) in [5.74, 6) is 2.22. The van der Waals surface area contributed by atoms with Crippen molar-refractivity contribution in [2.45, 2.75) is 135 Å². The van der Waals surface area contributed by atoms with Gasteiger partial charge in [0.25, 0.3) is 0 Å². The lowest BCUT2D eigenvalue weighted by atomic mass is 10.0. The minimum Gasteiger partial charge on any atom is -0.370 e. The van der Waals surface area contributed by atoms with E-state index < -0.39 is 0 Å². The van der Waals surface area contributed by atoms with E-state index >= 15 is 0 Å². The second kappa shape index (κ2) is 22.6. The average molecular weight is 507 g/mol. The molecule has 1 aliphatic heterocycles. The molecule has 2 unspecified atom stereocenters. The van der Waals surface area contributed by atoms with Crippen molar-refractivity contribution < 1.29 is 14.2 Å². The first-order chi connectivity index (χ1) is 17.4. The van der Waals surface area contributed by atoms with Crippen LogP contribution in [-0.2, 0) is 20.8 Å². The van der Waals surface area contributed by atoms with E-state index in [9.17, 15) is 0 Å². The van der Waals surface area contributed by atoms with Gasteiger partial charge >= 0.3 is 0 Å². The molecule has 4 heteroatoms. The highest BCUT2D eigenvalue weighted by molar-refractivity contribution is 7.99. The predicted molar refractivity (Wildman–Crippen MR) is 152 cm³/mol. The molecule has 0 amide bonds. The number of hydrogen-bond donors (Lipinski definition) is 0. The second-order valence-corrected chi connectivity index (χ2v) is 11.4. The Hall–Kier alpha value is -0.550. The minimum atomic E-state index is -0.0395. The summed E-state index contributed by atoms with van der Waals surface area (Å²) in [5, 5.41) is 0. The van der Waals surface area contributed by atoms with Crippen LogP contribution in [0, 0.1) is 0 Å². The quantitative estimate of drug-likeness (QED) is 0.138. The van der Waals surface area contributed by atoms with Crippen molar-refractivity contribution in [2.24, 2.45) is 0 Å². The number of hydrogen-bond acceptors (Lipinski definition) is 4. The third-order valence-electron chi connectivity index (χ3n) is 6.88. The molecule has 0 N–H and O–H groups in total. The maximum Gasteiger partial charge on any atom is 0.157 e. The van der Waals surface area contributed by atoms with Gasteiger partial charge in [0.05, 0.1) is 19.3 Å². The topological polar surface area (TPSA) is 27.7 Å². The van der Waals surface area contributed by atoms with Crippen LogP contribution in [0.2, 0.25) is 0 Å². The van der Waals surface area contributed by atoms with Crippen LogP contribution < -0.4 is 0 Å². The van der Waals surface area contributed by atoms with Gasteiger partial charge in [-0.25, -0.2) is 0 Å². The van der Waals surface area contributed by atoms with E-state index in [2.05, 4.69) is 37.3 Å². The minimum absolute atomic E-state index is 0.0395. The fourth-order valence-electron chi connectivity index (χ4n) is 4.60. The summed E-state index contributed by atoms with van der Waals surface area (Å²) in [6, 6.07) is 10.5. The van der Waals surface area contributed by atoms with Crippen molar-refractivity contribution in [3.05, 3.63) is 35.9 Å². The van der Waals surface area contributed by atoms with Crippen molar-refractivity contribution in [2.75, 3.05) is 24.7 Å². The number of ether oxygens (including phenoxy) is 3. The van der Waals surface area contributed by atoms with E-state index in [0.29, 0.717) is 13.2 Å². The first-order valence-corrected chi connectivity index (χ1v) is 16.0. The first-order valence-electron chi connectivity index (χ1n) is 14.8. The molecule has 0 aliphatic carbocycles. The van der Waals surface area contributed by atoms with Gasteiger partial charge in [0, 0.05) is 12.4 Å². The standard InChI is InChI=1S/C31H54O3S/c1-2-3-4-5-6-7-8-9-10-11-12-13-14-20-25-35-28-30(27-34-31-23-18-19-24-32-31)33-26-29-21-16-15-17-22-29/h15-17,21-22,30-31H,2-14,18-20,23-28H2,1H3. The monoisotopic (exact) mass is 506 g/mol. The molecule has 3 nitrogen and oxygen atoms in total. The van der Waals surface area contributed by atoms with Crippen LogP contribution >= 0.6 is 11.8 Å². The van der Waals surface area contributed by atoms with E-state index in [4.69, 9.17) is 14.2 Å². The molecular weight excluding hydrogens is 452 g/mol. The summed E-state index contributed by atoms with van der Waals surface area (Å²) in [4.78, 5) is 0. The van der Waals surface area contributed by atoms with Gasteiger partial charge in [-0.1, -0.05) is 121 Å². The molecule has 1 aromatic carbocycles. The SMILES string of the molecule is CCCCCCCCCCCCCCCCSCC(COC1CCCCO1)OCc1ccccc1. The number of benzene rings is 1. The summed E-state index contributed by atoms with van der Waals surface area (Å²) in [6.07, 6.45) is 23.3. The summed E-state index contributed by atoms with van der Waals surface area (Å²) in [7, 11) is 0. The molecule has 0 saturated carbocycles. The molecule has 35 heavy (non-hydrogen) atoms. The summed E-state index contributed by atoms with van der Waals surface area (Å²) < 4.78 is 18.0. The molecule has 1 aliphatic rings. The van der Waals surface area contributed by atoms with Gasteiger partial charge in [0.2, 0.25) is 0 Å². The fraction of sp³-hybridized carbons (Fsp3) is 0.806. The van der Waals surface area contributed by atoms with Crippen molar-refractivity contribution >= 4 is 11.8 Å². The summed E-state index contributed by atoms with van der Waals surface area (Å²) in [5.41, 5.74) is 1.23. The third kappa shape index (κ3) is 17.5. The molecule has 0 spiro atoms. The Morgan fingerprint density at radius 2 is 1.46 bits per heavy atom. The Kier molecular flexibility index (Phi) is 19.8. The highest BCUT2D eigenvalue weighted by Crippen LogP contribution is 2.18. The molecule has 0 aromatic heterocycles. The van der Waals surface area contributed by atoms with Crippen molar-refractivity contribution in [1.29, 1.82) is 0 Å². The molecule has 0 radical (unpaired) electrons. The Bertz CT molecular complexity index is 562. The van der Waals surface area contributed by atoms with E-state index in [0.717, 1.165) is 25.2 Å². The number of unbranched alkanes of at least 4 members (excludes halogenated alkanes) is 13. The molecular formula is C31H54O3S. The van der Waals surface area contributed by atoms with Crippen LogP contribution in [0.1, 0.15) is 122 Å². The third-order valence-corrected chi connectivity index (χ3v) is 8.07. The molecule has 0 bridgehead atoms. The van der Waals surface area contributed by atoms with Crippen LogP contribution in [0.25, 0.3) is 0 Å². The van der Waals surface area contributed by atoms with Gasteiger partial charge in [-0.2, -0.15) is 11.8 Å². The Morgan fingerprint density at radius 3 is 2.06 bits per heavy atom. The number of rotatable bonds is 23. The maximum atomic E-state index is 6.24. The maximum absolute atomic E-state index is 6.24. The lowest BCUT2D eigenvalue weighted by Crippen LogP contribution is -2.29. The summed E-state index contributed by atoms with van der Waals surface area (Å²) >= 11 is 2.02. The van der Waals surface area contributed by atoms with Crippen molar-refractivity contribution in [3.63, 3.8) is 0 Å². The molecule has 1 fully saturated rings. The van der Waals surface area contributed by atoms with Gasteiger partial charge in [-0.3, -0.25) is 0 Å². The molecule has 1 heterocycles. The fourth-order valence-corrected chi connectivity index (χ4v) is 5.63. The Labute approximate surface area is 221 Å². The number of thioether (sulfide) groups is 1. The zero-order chi connectivity index (χ0) is 24.7. The van der Waals surface area contributed by atoms with Crippen LogP contribution in [0.4, 0.5) is 0 Å². The second-order valence-electron chi connectivity index (χ2n) is 10.2.